The standard InChI is InChI=1S/C11H11N3O2/c15-7-9-2-1-5-14(9)6-10-12-11(13-16-10)8-3-4-8/h1-2,5,7-8H,3-4,6H2. The van der Waals surface area contributed by atoms with Gasteiger partial charge in [0.1, 0.15) is 6.54 Å². The van der Waals surface area contributed by atoms with Gasteiger partial charge in [0.05, 0.1) is 5.69 Å². The summed E-state index contributed by atoms with van der Waals surface area (Å²) in [6.45, 7) is 0.459. The van der Waals surface area contributed by atoms with Crippen LogP contribution in [0.5, 0.6) is 0 Å². The molecule has 1 aliphatic carbocycles. The lowest BCUT2D eigenvalue weighted by atomic mass is 10.4. The number of aldehydes is 1. The van der Waals surface area contributed by atoms with Crippen molar-refractivity contribution < 1.29 is 9.32 Å². The van der Waals surface area contributed by atoms with Gasteiger partial charge in [-0.1, -0.05) is 5.16 Å². The summed E-state index contributed by atoms with van der Waals surface area (Å²) in [4.78, 5) is 15.0. The van der Waals surface area contributed by atoms with Gasteiger partial charge in [0.25, 0.3) is 0 Å². The van der Waals surface area contributed by atoms with Gasteiger partial charge in [0, 0.05) is 12.1 Å². The molecule has 1 fully saturated rings. The Bertz CT molecular complexity index is 511. The molecule has 16 heavy (non-hydrogen) atoms. The number of hydrogen-bond acceptors (Lipinski definition) is 4. The third-order valence-electron chi connectivity index (χ3n) is 2.72. The molecule has 0 atom stereocenters. The summed E-state index contributed by atoms with van der Waals surface area (Å²) in [5.41, 5.74) is 0.617. The molecule has 0 aliphatic heterocycles. The zero-order chi connectivity index (χ0) is 11.0. The molecule has 0 aromatic carbocycles. The minimum Gasteiger partial charge on any atom is -0.337 e. The van der Waals surface area contributed by atoms with Crippen LogP contribution >= 0.6 is 0 Å². The molecule has 3 rings (SSSR count). The van der Waals surface area contributed by atoms with Crippen molar-refractivity contribution in [2.45, 2.75) is 25.3 Å². The summed E-state index contributed by atoms with van der Waals surface area (Å²) in [6, 6.07) is 3.58. The van der Waals surface area contributed by atoms with Crippen molar-refractivity contribution in [3.05, 3.63) is 35.7 Å². The van der Waals surface area contributed by atoms with Crippen LogP contribution in [0.3, 0.4) is 0 Å². The maximum atomic E-state index is 10.7. The van der Waals surface area contributed by atoms with Crippen LogP contribution in [0.15, 0.2) is 22.9 Å². The molecular weight excluding hydrogens is 206 g/mol. The van der Waals surface area contributed by atoms with Gasteiger partial charge in [-0.2, -0.15) is 4.98 Å². The first-order valence-corrected chi connectivity index (χ1v) is 5.29. The van der Waals surface area contributed by atoms with Crippen molar-refractivity contribution >= 4 is 6.29 Å². The van der Waals surface area contributed by atoms with Crippen LogP contribution < -0.4 is 0 Å². The molecule has 5 heteroatoms. The minimum absolute atomic E-state index is 0.459. The smallest absolute Gasteiger partial charge is 0.246 e. The lowest BCUT2D eigenvalue weighted by Crippen LogP contribution is -2.02. The van der Waals surface area contributed by atoms with E-state index in [1.807, 2.05) is 12.3 Å². The van der Waals surface area contributed by atoms with Crippen LogP contribution in [0.1, 0.15) is 41.0 Å². The fourth-order valence-corrected chi connectivity index (χ4v) is 1.66. The van der Waals surface area contributed by atoms with E-state index >= 15 is 0 Å². The van der Waals surface area contributed by atoms with Gasteiger partial charge in [-0.15, -0.1) is 0 Å². The van der Waals surface area contributed by atoms with Crippen molar-refractivity contribution in [1.82, 2.24) is 14.7 Å². The maximum absolute atomic E-state index is 10.7. The minimum atomic E-state index is 0.459. The van der Waals surface area contributed by atoms with E-state index in [4.69, 9.17) is 4.52 Å². The summed E-state index contributed by atoms with van der Waals surface area (Å²) in [7, 11) is 0. The molecule has 82 valence electrons. The first kappa shape index (κ1) is 9.33. The number of hydrogen-bond donors (Lipinski definition) is 0. The Morgan fingerprint density at radius 3 is 3.19 bits per heavy atom. The molecule has 1 saturated carbocycles. The third-order valence-corrected chi connectivity index (χ3v) is 2.72. The first-order valence-electron chi connectivity index (χ1n) is 5.29. The van der Waals surface area contributed by atoms with Gasteiger partial charge in [-0.25, -0.2) is 0 Å². The summed E-state index contributed by atoms with van der Waals surface area (Å²) in [5, 5.41) is 3.93. The topological polar surface area (TPSA) is 60.9 Å². The first-order chi connectivity index (χ1) is 7.86. The summed E-state index contributed by atoms with van der Waals surface area (Å²) in [6.07, 6.45) is 4.95. The summed E-state index contributed by atoms with van der Waals surface area (Å²) in [5.74, 6) is 1.85. The molecular formula is C11H11N3O2. The summed E-state index contributed by atoms with van der Waals surface area (Å²) < 4.78 is 6.93. The molecule has 2 aromatic rings. The van der Waals surface area contributed by atoms with E-state index in [1.165, 1.54) is 0 Å². The molecule has 0 saturated heterocycles. The predicted molar refractivity (Wildman–Crippen MR) is 55.2 cm³/mol. The number of carbonyl (C=O) groups is 1. The average Bonchev–Trinajstić information content (AvgIpc) is 2.88. The monoisotopic (exact) mass is 217 g/mol. The quantitative estimate of drug-likeness (QED) is 0.730. The van der Waals surface area contributed by atoms with E-state index in [1.54, 1.807) is 10.6 Å². The molecule has 0 radical (unpaired) electrons. The van der Waals surface area contributed by atoms with Crippen LogP contribution in [-0.4, -0.2) is 21.0 Å². The van der Waals surface area contributed by atoms with Crippen molar-refractivity contribution in [2.24, 2.45) is 0 Å². The highest BCUT2D eigenvalue weighted by molar-refractivity contribution is 5.72. The number of carbonyl (C=O) groups excluding carboxylic acids is 1. The lowest BCUT2D eigenvalue weighted by molar-refractivity contribution is 0.111. The second-order valence-corrected chi connectivity index (χ2v) is 4.00. The zero-order valence-electron chi connectivity index (χ0n) is 8.67. The van der Waals surface area contributed by atoms with Gasteiger partial charge in [0.15, 0.2) is 12.1 Å². The number of aromatic nitrogens is 3. The predicted octanol–water partition coefficient (Wildman–Crippen LogP) is 1.61. The normalized spacial score (nSPS) is 15.2. The molecule has 0 unspecified atom stereocenters. The van der Waals surface area contributed by atoms with Gasteiger partial charge < -0.3 is 9.09 Å². The van der Waals surface area contributed by atoms with Gasteiger partial charge in [-0.3, -0.25) is 4.79 Å². The molecule has 2 aromatic heterocycles. The molecule has 0 bridgehead atoms. The van der Waals surface area contributed by atoms with Gasteiger partial charge in [0.2, 0.25) is 5.89 Å². The van der Waals surface area contributed by atoms with Crippen LogP contribution in [0, 0.1) is 0 Å². The molecule has 5 nitrogen and oxygen atoms in total. The molecule has 0 N–H and O–H groups in total. The van der Waals surface area contributed by atoms with E-state index in [-0.39, 0.29) is 0 Å². The maximum Gasteiger partial charge on any atom is 0.246 e. The van der Waals surface area contributed by atoms with Crippen molar-refractivity contribution in [2.75, 3.05) is 0 Å². The van der Waals surface area contributed by atoms with Gasteiger partial charge >= 0.3 is 0 Å². The van der Waals surface area contributed by atoms with Crippen LogP contribution in [-0.2, 0) is 6.54 Å². The van der Waals surface area contributed by atoms with E-state index in [9.17, 15) is 4.79 Å². The fourth-order valence-electron chi connectivity index (χ4n) is 1.66. The Labute approximate surface area is 92.1 Å². The Balaban J connectivity index is 1.79. The second kappa shape index (κ2) is 3.59. The third kappa shape index (κ3) is 1.64. The average molecular weight is 217 g/mol. The Kier molecular flexibility index (Phi) is 2.09. The fraction of sp³-hybridized carbons (Fsp3) is 0.364. The highest BCUT2D eigenvalue weighted by Gasteiger charge is 2.28. The Hall–Kier alpha value is -1.91. The highest BCUT2D eigenvalue weighted by atomic mass is 16.5. The van der Waals surface area contributed by atoms with Crippen molar-refractivity contribution in [3.8, 4) is 0 Å². The van der Waals surface area contributed by atoms with E-state index in [0.717, 1.165) is 25.0 Å². The Morgan fingerprint density at radius 1 is 1.56 bits per heavy atom. The van der Waals surface area contributed by atoms with Gasteiger partial charge in [-0.05, 0) is 25.0 Å². The van der Waals surface area contributed by atoms with E-state index in [2.05, 4.69) is 10.1 Å². The highest BCUT2D eigenvalue weighted by Crippen LogP contribution is 2.38. The number of rotatable bonds is 4. The summed E-state index contributed by atoms with van der Waals surface area (Å²) >= 11 is 0. The van der Waals surface area contributed by atoms with Crippen LogP contribution in [0.25, 0.3) is 0 Å². The van der Waals surface area contributed by atoms with E-state index in [0.29, 0.717) is 24.0 Å². The van der Waals surface area contributed by atoms with Crippen molar-refractivity contribution in [1.29, 1.82) is 0 Å². The largest absolute Gasteiger partial charge is 0.337 e. The van der Waals surface area contributed by atoms with Crippen LogP contribution in [0.4, 0.5) is 0 Å². The second-order valence-electron chi connectivity index (χ2n) is 4.00. The SMILES string of the molecule is O=Cc1cccn1Cc1nc(C2CC2)no1. The lowest BCUT2D eigenvalue weighted by Gasteiger charge is -1.99. The molecule has 2 heterocycles. The zero-order valence-corrected chi connectivity index (χ0v) is 8.67. The molecule has 0 spiro atoms. The molecule has 1 aliphatic rings. The van der Waals surface area contributed by atoms with E-state index < -0.39 is 0 Å². The Morgan fingerprint density at radius 2 is 2.44 bits per heavy atom. The molecule has 0 amide bonds. The van der Waals surface area contributed by atoms with Crippen LogP contribution in [0.2, 0.25) is 0 Å². The number of nitrogens with zero attached hydrogens (tertiary/aromatic N) is 3. The van der Waals surface area contributed by atoms with Crippen molar-refractivity contribution in [3.63, 3.8) is 0 Å².